The van der Waals surface area contributed by atoms with Crippen LogP contribution in [0.4, 0.5) is 5.69 Å². The Kier molecular flexibility index (Phi) is 5.11. The summed E-state index contributed by atoms with van der Waals surface area (Å²) in [4.78, 5) is 0. The molecule has 1 atom stereocenters. The lowest BCUT2D eigenvalue weighted by atomic mass is 9.80. The molecule has 0 aliphatic heterocycles. The molecule has 6 heteroatoms. The van der Waals surface area contributed by atoms with Gasteiger partial charge in [0.1, 0.15) is 20.2 Å². The smallest absolute Gasteiger partial charge is 0.142 e. The molecule has 1 unspecified atom stereocenters. The van der Waals surface area contributed by atoms with Crippen LogP contribution in [-0.2, 0) is 0 Å². The van der Waals surface area contributed by atoms with Crippen LogP contribution in [0.3, 0.4) is 0 Å². The summed E-state index contributed by atoms with van der Waals surface area (Å²) < 4.78 is 6.27. The molecule has 16 heavy (non-hydrogen) atoms. The molecule has 0 bridgehead atoms. The molecule has 0 aliphatic rings. The summed E-state index contributed by atoms with van der Waals surface area (Å²) in [6, 6.07) is 3.66. The number of hydrogen-bond donors (Lipinski definition) is 3. The Hall–Kier alpha value is -0.715. The fraction of sp³-hybridized carbons (Fsp3) is 0.400. The highest BCUT2D eigenvalue weighted by molar-refractivity contribution is 9.10. The minimum atomic E-state index is -0.0305. The van der Waals surface area contributed by atoms with Crippen LogP contribution in [0.5, 0.6) is 5.75 Å². The molecule has 88 valence electrons. The first kappa shape index (κ1) is 13.4. The third kappa shape index (κ3) is 2.90. The van der Waals surface area contributed by atoms with E-state index in [1.807, 2.05) is 13.9 Å². The molecule has 0 saturated heterocycles. The summed E-state index contributed by atoms with van der Waals surface area (Å²) >= 11 is 3.45. The lowest BCUT2D eigenvalue weighted by molar-refractivity contribution is 0.202. The van der Waals surface area contributed by atoms with Gasteiger partial charge in [-0.2, -0.15) is 0 Å². The second-order valence-electron chi connectivity index (χ2n) is 3.58. The van der Waals surface area contributed by atoms with E-state index in [4.69, 9.17) is 21.3 Å². The third-order valence-electron chi connectivity index (χ3n) is 2.39. The third-order valence-corrected chi connectivity index (χ3v) is 3.08. The van der Waals surface area contributed by atoms with E-state index in [1.54, 1.807) is 6.07 Å². The zero-order chi connectivity index (χ0) is 12.1. The predicted octanol–water partition coefficient (Wildman–Crippen LogP) is 0.0353. The minimum absolute atomic E-state index is 0.0305. The summed E-state index contributed by atoms with van der Waals surface area (Å²) in [6.07, 6.45) is 0. The van der Waals surface area contributed by atoms with E-state index in [1.165, 1.54) is 0 Å². The molecule has 1 aromatic carbocycles. The van der Waals surface area contributed by atoms with Crippen LogP contribution in [0.25, 0.3) is 0 Å². The van der Waals surface area contributed by atoms with Crippen molar-refractivity contribution in [2.75, 3.05) is 25.5 Å². The molecule has 0 aromatic heterocycles. The lowest BCUT2D eigenvalue weighted by Gasteiger charge is -2.17. The number of ether oxygens (including phenoxy) is 1. The fourth-order valence-corrected chi connectivity index (χ4v) is 2.23. The van der Waals surface area contributed by atoms with Gasteiger partial charge in [0.25, 0.3) is 0 Å². The monoisotopic (exact) mass is 286 g/mol. The largest absolute Gasteiger partial charge is 0.489 e. The number of rotatable bonds is 5. The number of anilines is 1. The summed E-state index contributed by atoms with van der Waals surface area (Å²) in [6.45, 7) is 0.728. The van der Waals surface area contributed by atoms with Crippen LogP contribution in [0.1, 0.15) is 11.4 Å². The average Bonchev–Trinajstić information content (AvgIpc) is 2.28. The van der Waals surface area contributed by atoms with Crippen molar-refractivity contribution < 1.29 is 9.84 Å². The Labute approximate surface area is 104 Å². The molecule has 5 N–H and O–H groups in total. The second-order valence-corrected chi connectivity index (χ2v) is 4.44. The van der Waals surface area contributed by atoms with E-state index < -0.39 is 0 Å². The average molecular weight is 287 g/mol. The first-order valence-electron chi connectivity index (χ1n) is 5.13. The Balaban J connectivity index is 3.06. The molecule has 0 saturated carbocycles. The van der Waals surface area contributed by atoms with E-state index in [9.17, 15) is 0 Å². The number of nitrogens with two attached hydrogens (primary N) is 2. The van der Waals surface area contributed by atoms with Gasteiger partial charge in [-0.1, -0.05) is 15.9 Å². The van der Waals surface area contributed by atoms with Gasteiger partial charge in [-0.05, 0) is 30.1 Å². The van der Waals surface area contributed by atoms with E-state index in [0.29, 0.717) is 18.0 Å². The normalized spacial score (nSPS) is 12.4. The van der Waals surface area contributed by atoms with Crippen LogP contribution in [0, 0.1) is 0 Å². The highest BCUT2D eigenvalue weighted by atomic mass is 79.9. The van der Waals surface area contributed by atoms with Crippen molar-refractivity contribution in [3.63, 3.8) is 0 Å². The van der Waals surface area contributed by atoms with Crippen molar-refractivity contribution in [3.05, 3.63) is 22.2 Å². The fourth-order valence-electron chi connectivity index (χ4n) is 1.49. The van der Waals surface area contributed by atoms with Gasteiger partial charge in [0, 0.05) is 4.47 Å². The number of halogens is 1. The van der Waals surface area contributed by atoms with E-state index >= 15 is 0 Å². The Morgan fingerprint density at radius 3 is 2.75 bits per heavy atom. The van der Waals surface area contributed by atoms with Crippen molar-refractivity contribution in [1.82, 2.24) is 0 Å². The van der Waals surface area contributed by atoms with Crippen molar-refractivity contribution in [2.45, 2.75) is 5.82 Å². The standard InChI is InChI=1S/C10H16BBrN2O2/c11-6(5-13)9-7(12)1-2-8(10(9)14)16-4-3-15/h1-2,6,15H,3-5,11,13-14H2. The summed E-state index contributed by atoms with van der Waals surface area (Å²) in [5.41, 5.74) is 13.2. The summed E-state index contributed by atoms with van der Waals surface area (Å²) in [5.74, 6) is 0.750. The van der Waals surface area contributed by atoms with Gasteiger partial charge >= 0.3 is 0 Å². The molecular weight excluding hydrogens is 271 g/mol. The highest BCUT2D eigenvalue weighted by Crippen LogP contribution is 2.35. The Bertz CT molecular complexity index is 363. The molecule has 0 amide bonds. The van der Waals surface area contributed by atoms with E-state index in [0.717, 1.165) is 10.0 Å². The molecule has 0 spiro atoms. The maximum Gasteiger partial charge on any atom is 0.142 e. The van der Waals surface area contributed by atoms with Crippen molar-refractivity contribution in [2.24, 2.45) is 5.73 Å². The van der Waals surface area contributed by atoms with Gasteiger partial charge in [0.05, 0.1) is 12.3 Å². The number of hydrogen-bond acceptors (Lipinski definition) is 4. The number of aliphatic hydroxyl groups is 1. The van der Waals surface area contributed by atoms with Gasteiger partial charge in [-0.3, -0.25) is 0 Å². The van der Waals surface area contributed by atoms with Crippen molar-refractivity contribution >= 4 is 29.5 Å². The zero-order valence-corrected chi connectivity index (χ0v) is 10.8. The van der Waals surface area contributed by atoms with Crippen LogP contribution < -0.4 is 16.2 Å². The first-order chi connectivity index (χ1) is 7.61. The molecular formula is C10H16BBrN2O2. The molecule has 0 aliphatic carbocycles. The first-order valence-corrected chi connectivity index (χ1v) is 5.92. The molecule has 1 aromatic rings. The molecule has 1 rings (SSSR count). The Morgan fingerprint density at radius 1 is 1.50 bits per heavy atom. The van der Waals surface area contributed by atoms with Gasteiger partial charge in [-0.25, -0.2) is 0 Å². The second kappa shape index (κ2) is 6.13. The molecule has 0 fully saturated rings. The maximum atomic E-state index is 8.70. The molecule has 0 heterocycles. The van der Waals surface area contributed by atoms with Crippen LogP contribution in [0.2, 0.25) is 0 Å². The number of benzene rings is 1. The van der Waals surface area contributed by atoms with Crippen LogP contribution >= 0.6 is 15.9 Å². The molecule has 0 radical (unpaired) electrons. The van der Waals surface area contributed by atoms with Gasteiger partial charge in [0.15, 0.2) is 0 Å². The topological polar surface area (TPSA) is 81.5 Å². The van der Waals surface area contributed by atoms with Gasteiger partial charge < -0.3 is 21.3 Å². The predicted molar refractivity (Wildman–Crippen MR) is 71.5 cm³/mol. The van der Waals surface area contributed by atoms with Gasteiger partial charge in [-0.15, -0.1) is 0 Å². The number of aliphatic hydroxyl groups excluding tert-OH is 1. The van der Waals surface area contributed by atoms with Crippen LogP contribution in [-0.4, -0.2) is 32.7 Å². The Morgan fingerprint density at radius 2 is 2.19 bits per heavy atom. The molecule has 4 nitrogen and oxygen atoms in total. The summed E-state index contributed by atoms with van der Waals surface area (Å²) in [5, 5.41) is 8.70. The summed E-state index contributed by atoms with van der Waals surface area (Å²) in [7, 11) is 2.01. The van der Waals surface area contributed by atoms with Gasteiger partial charge in [0.2, 0.25) is 0 Å². The maximum absolute atomic E-state index is 8.70. The lowest BCUT2D eigenvalue weighted by Crippen LogP contribution is -2.15. The minimum Gasteiger partial charge on any atom is -0.489 e. The van der Waals surface area contributed by atoms with E-state index in [-0.39, 0.29) is 19.0 Å². The zero-order valence-electron chi connectivity index (χ0n) is 9.24. The van der Waals surface area contributed by atoms with Crippen molar-refractivity contribution in [1.29, 1.82) is 0 Å². The van der Waals surface area contributed by atoms with E-state index in [2.05, 4.69) is 15.9 Å². The van der Waals surface area contributed by atoms with Crippen molar-refractivity contribution in [3.8, 4) is 5.75 Å². The number of nitrogen functional groups attached to an aromatic ring is 1. The SMILES string of the molecule is BC(CN)c1c(Br)ccc(OCCO)c1N. The quantitative estimate of drug-likeness (QED) is 0.527. The van der Waals surface area contributed by atoms with Crippen LogP contribution in [0.15, 0.2) is 16.6 Å². The highest BCUT2D eigenvalue weighted by Gasteiger charge is 2.15.